The van der Waals surface area contributed by atoms with Crippen LogP contribution in [0.5, 0.6) is 11.6 Å². The number of halogens is 2. The van der Waals surface area contributed by atoms with Crippen LogP contribution in [0.4, 0.5) is 8.78 Å². The molecule has 0 spiro atoms. The molecule has 6 heteroatoms. The summed E-state index contributed by atoms with van der Waals surface area (Å²) in [5.74, 6) is -1.35. The molecule has 0 bridgehead atoms. The second kappa shape index (κ2) is 6.19. The van der Waals surface area contributed by atoms with Crippen molar-refractivity contribution in [1.82, 2.24) is 15.3 Å². The largest absolute Gasteiger partial charge is 0.434 e. The molecule has 0 atom stereocenters. The lowest BCUT2D eigenvalue weighted by molar-refractivity contribution is 0.419. The Morgan fingerprint density at radius 2 is 2.11 bits per heavy atom. The third-order valence-electron chi connectivity index (χ3n) is 2.33. The maximum Gasteiger partial charge on any atom is 0.238 e. The van der Waals surface area contributed by atoms with Gasteiger partial charge in [-0.05, 0) is 18.7 Å². The number of ether oxygens (including phenoxy) is 1. The highest BCUT2D eigenvalue weighted by Crippen LogP contribution is 2.23. The van der Waals surface area contributed by atoms with Crippen LogP contribution >= 0.6 is 0 Å². The van der Waals surface area contributed by atoms with Gasteiger partial charge in [0.05, 0.1) is 11.9 Å². The molecule has 2 aromatic rings. The minimum absolute atomic E-state index is 0.0868. The van der Waals surface area contributed by atoms with E-state index in [0.717, 1.165) is 18.7 Å². The fourth-order valence-electron chi connectivity index (χ4n) is 1.44. The minimum Gasteiger partial charge on any atom is -0.434 e. The van der Waals surface area contributed by atoms with Crippen LogP contribution in [0, 0.1) is 11.6 Å². The lowest BCUT2D eigenvalue weighted by Gasteiger charge is -2.07. The van der Waals surface area contributed by atoms with Crippen molar-refractivity contribution in [2.24, 2.45) is 0 Å². The van der Waals surface area contributed by atoms with Crippen LogP contribution in [-0.4, -0.2) is 16.5 Å². The second-order valence-electron chi connectivity index (χ2n) is 3.81. The van der Waals surface area contributed by atoms with Gasteiger partial charge in [-0.2, -0.15) is 0 Å². The normalized spacial score (nSPS) is 10.5. The monoisotopic (exact) mass is 265 g/mol. The molecule has 0 saturated carbocycles. The SMILES string of the molecule is CCNCc1cncc(Oc2ccc(F)cc2F)n1. The molecule has 0 amide bonds. The van der Waals surface area contributed by atoms with E-state index in [2.05, 4.69) is 15.3 Å². The molecule has 1 aromatic heterocycles. The first-order valence-electron chi connectivity index (χ1n) is 5.83. The van der Waals surface area contributed by atoms with E-state index in [0.29, 0.717) is 12.2 Å². The Labute approximate surface area is 109 Å². The van der Waals surface area contributed by atoms with E-state index < -0.39 is 11.6 Å². The number of rotatable bonds is 5. The van der Waals surface area contributed by atoms with E-state index in [1.165, 1.54) is 12.3 Å². The average Bonchev–Trinajstić information content (AvgIpc) is 2.40. The molecular weight excluding hydrogens is 252 g/mol. The van der Waals surface area contributed by atoms with E-state index in [1.807, 2.05) is 6.92 Å². The topological polar surface area (TPSA) is 47.0 Å². The Morgan fingerprint density at radius 3 is 2.84 bits per heavy atom. The van der Waals surface area contributed by atoms with Gasteiger partial charge in [-0.15, -0.1) is 0 Å². The summed E-state index contributed by atoms with van der Waals surface area (Å²) < 4.78 is 31.4. The predicted molar refractivity (Wildman–Crippen MR) is 65.8 cm³/mol. The van der Waals surface area contributed by atoms with Crippen molar-refractivity contribution in [3.05, 3.63) is 47.9 Å². The van der Waals surface area contributed by atoms with Crippen LogP contribution in [0.2, 0.25) is 0 Å². The highest BCUT2D eigenvalue weighted by molar-refractivity contribution is 5.28. The second-order valence-corrected chi connectivity index (χ2v) is 3.81. The van der Waals surface area contributed by atoms with Crippen molar-refractivity contribution in [2.45, 2.75) is 13.5 Å². The number of nitrogens with zero attached hydrogens (tertiary/aromatic N) is 2. The van der Waals surface area contributed by atoms with Crippen LogP contribution in [-0.2, 0) is 6.54 Å². The Bertz CT molecular complexity index is 563. The van der Waals surface area contributed by atoms with Crippen molar-refractivity contribution in [3.8, 4) is 11.6 Å². The molecule has 1 heterocycles. The first kappa shape index (κ1) is 13.4. The van der Waals surface area contributed by atoms with E-state index in [9.17, 15) is 8.78 Å². The summed E-state index contributed by atoms with van der Waals surface area (Å²) in [4.78, 5) is 8.12. The molecule has 1 aromatic carbocycles. The summed E-state index contributed by atoms with van der Waals surface area (Å²) >= 11 is 0. The van der Waals surface area contributed by atoms with Gasteiger partial charge in [0.2, 0.25) is 5.88 Å². The molecule has 0 saturated heterocycles. The van der Waals surface area contributed by atoms with Crippen LogP contribution in [0.3, 0.4) is 0 Å². The highest BCUT2D eigenvalue weighted by atomic mass is 19.1. The van der Waals surface area contributed by atoms with Crippen molar-refractivity contribution < 1.29 is 13.5 Å². The Hall–Kier alpha value is -2.08. The molecule has 2 rings (SSSR count). The third-order valence-corrected chi connectivity index (χ3v) is 2.33. The van der Waals surface area contributed by atoms with Gasteiger partial charge in [0.25, 0.3) is 0 Å². The first-order valence-corrected chi connectivity index (χ1v) is 5.83. The fourth-order valence-corrected chi connectivity index (χ4v) is 1.44. The molecule has 0 radical (unpaired) electrons. The molecule has 0 aliphatic carbocycles. The van der Waals surface area contributed by atoms with Crippen LogP contribution in [0.1, 0.15) is 12.6 Å². The number of benzene rings is 1. The highest BCUT2D eigenvalue weighted by Gasteiger charge is 2.07. The Kier molecular flexibility index (Phi) is 4.35. The van der Waals surface area contributed by atoms with Gasteiger partial charge in [0, 0.05) is 18.8 Å². The first-order chi connectivity index (χ1) is 9.19. The van der Waals surface area contributed by atoms with E-state index in [4.69, 9.17) is 4.74 Å². The number of hydrogen-bond acceptors (Lipinski definition) is 4. The van der Waals surface area contributed by atoms with Gasteiger partial charge in [0.15, 0.2) is 11.6 Å². The summed E-state index contributed by atoms with van der Waals surface area (Å²) in [5, 5.41) is 3.09. The summed E-state index contributed by atoms with van der Waals surface area (Å²) in [5.41, 5.74) is 0.682. The maximum absolute atomic E-state index is 13.4. The average molecular weight is 265 g/mol. The molecule has 19 heavy (non-hydrogen) atoms. The molecule has 0 aliphatic heterocycles. The third kappa shape index (κ3) is 3.69. The molecule has 0 fully saturated rings. The van der Waals surface area contributed by atoms with Crippen LogP contribution in [0.25, 0.3) is 0 Å². The van der Waals surface area contributed by atoms with Crippen molar-refractivity contribution in [3.63, 3.8) is 0 Å². The Morgan fingerprint density at radius 1 is 1.26 bits per heavy atom. The molecular formula is C13H13F2N3O. The quantitative estimate of drug-likeness (QED) is 0.902. The standard InChI is InChI=1S/C13H13F2N3O/c1-2-16-6-10-7-17-8-13(18-10)19-12-4-3-9(14)5-11(12)15/h3-5,7-8,16H,2,6H2,1H3. The van der Waals surface area contributed by atoms with Gasteiger partial charge in [-0.1, -0.05) is 6.92 Å². The van der Waals surface area contributed by atoms with Crippen molar-refractivity contribution in [1.29, 1.82) is 0 Å². The van der Waals surface area contributed by atoms with E-state index in [1.54, 1.807) is 6.20 Å². The summed E-state index contributed by atoms with van der Waals surface area (Å²) in [6.45, 7) is 3.33. The minimum atomic E-state index is -0.779. The smallest absolute Gasteiger partial charge is 0.238 e. The maximum atomic E-state index is 13.4. The molecule has 100 valence electrons. The van der Waals surface area contributed by atoms with Crippen molar-refractivity contribution in [2.75, 3.05) is 6.54 Å². The van der Waals surface area contributed by atoms with Crippen LogP contribution in [0.15, 0.2) is 30.6 Å². The molecule has 0 unspecified atom stereocenters. The van der Waals surface area contributed by atoms with Gasteiger partial charge in [-0.3, -0.25) is 4.98 Å². The number of hydrogen-bond donors (Lipinski definition) is 1. The van der Waals surface area contributed by atoms with Gasteiger partial charge < -0.3 is 10.1 Å². The summed E-state index contributed by atoms with van der Waals surface area (Å²) in [6.07, 6.45) is 2.97. The fraction of sp³-hybridized carbons (Fsp3) is 0.231. The van der Waals surface area contributed by atoms with Crippen LogP contribution < -0.4 is 10.1 Å². The summed E-state index contributed by atoms with van der Waals surface area (Å²) in [7, 11) is 0. The lowest BCUT2D eigenvalue weighted by Crippen LogP contribution is -2.13. The van der Waals surface area contributed by atoms with Crippen molar-refractivity contribution >= 4 is 0 Å². The summed E-state index contributed by atoms with van der Waals surface area (Å²) in [6, 6.07) is 3.09. The van der Waals surface area contributed by atoms with Gasteiger partial charge in [0.1, 0.15) is 5.82 Å². The zero-order chi connectivity index (χ0) is 13.7. The Balaban J connectivity index is 2.14. The van der Waals surface area contributed by atoms with E-state index >= 15 is 0 Å². The number of aromatic nitrogens is 2. The molecule has 1 N–H and O–H groups in total. The van der Waals surface area contributed by atoms with E-state index in [-0.39, 0.29) is 11.6 Å². The van der Waals surface area contributed by atoms with Gasteiger partial charge in [-0.25, -0.2) is 13.8 Å². The lowest BCUT2D eigenvalue weighted by atomic mass is 10.3. The molecule has 0 aliphatic rings. The zero-order valence-corrected chi connectivity index (χ0v) is 10.4. The predicted octanol–water partition coefficient (Wildman–Crippen LogP) is 2.66. The molecule has 4 nitrogen and oxygen atoms in total. The number of nitrogens with one attached hydrogen (secondary N) is 1. The van der Waals surface area contributed by atoms with Gasteiger partial charge >= 0.3 is 0 Å². The zero-order valence-electron chi connectivity index (χ0n) is 10.4.